The molecule has 0 fully saturated rings. The summed E-state index contributed by atoms with van der Waals surface area (Å²) in [6, 6.07) is 12.9. The quantitative estimate of drug-likeness (QED) is 0.431. The summed E-state index contributed by atoms with van der Waals surface area (Å²) in [5.74, 6) is 0. The fourth-order valence-corrected chi connectivity index (χ4v) is 2.53. The van der Waals surface area contributed by atoms with Gasteiger partial charge in [-0.15, -0.1) is 0 Å². The first-order valence-corrected chi connectivity index (χ1v) is 5.42. The van der Waals surface area contributed by atoms with E-state index in [9.17, 15) is 0 Å². The van der Waals surface area contributed by atoms with Gasteiger partial charge in [-0.3, -0.25) is 4.40 Å². The number of pyridine rings is 1. The van der Waals surface area contributed by atoms with Crippen LogP contribution in [0.25, 0.3) is 27.5 Å². The van der Waals surface area contributed by atoms with E-state index in [1.807, 2.05) is 12.3 Å². The lowest BCUT2D eigenvalue weighted by Crippen LogP contribution is -1.80. The second kappa shape index (κ2) is 2.53. The number of hydrogen-bond donors (Lipinski definition) is 0. The van der Waals surface area contributed by atoms with Gasteiger partial charge in [-0.05, 0) is 25.1 Å². The predicted molar refractivity (Wildman–Crippen MR) is 66.1 cm³/mol. The minimum Gasteiger partial charge on any atom is -0.292 e. The van der Waals surface area contributed by atoms with Gasteiger partial charge >= 0.3 is 0 Å². The number of aromatic nitrogens is 2. The van der Waals surface area contributed by atoms with Crippen molar-refractivity contribution in [3.63, 3.8) is 0 Å². The van der Waals surface area contributed by atoms with Crippen molar-refractivity contribution >= 4 is 27.5 Å². The highest BCUT2D eigenvalue weighted by molar-refractivity contribution is 6.09. The molecule has 0 aliphatic heterocycles. The molecule has 1 aromatic carbocycles. The molecule has 0 unspecified atom stereocenters. The monoisotopic (exact) mass is 206 g/mol. The number of imidazole rings is 1. The number of benzene rings is 1. The van der Waals surface area contributed by atoms with Crippen LogP contribution in [0.3, 0.4) is 0 Å². The molecule has 0 saturated carbocycles. The summed E-state index contributed by atoms with van der Waals surface area (Å²) in [5, 5.41) is 2.61. The molecule has 0 amide bonds. The topological polar surface area (TPSA) is 17.3 Å². The zero-order valence-electron chi connectivity index (χ0n) is 8.94. The Balaban J connectivity index is 2.46. The van der Waals surface area contributed by atoms with Gasteiger partial charge in [0, 0.05) is 10.8 Å². The number of aryl methyl sites for hydroxylation is 1. The maximum Gasteiger partial charge on any atom is 0.137 e. The highest BCUT2D eigenvalue weighted by Crippen LogP contribution is 2.30. The molecular weight excluding hydrogens is 196 g/mol. The van der Waals surface area contributed by atoms with Crippen LogP contribution in [0, 0.1) is 6.92 Å². The molecule has 3 aromatic heterocycles. The van der Waals surface area contributed by atoms with Crippen molar-refractivity contribution in [2.75, 3.05) is 0 Å². The van der Waals surface area contributed by atoms with Gasteiger partial charge < -0.3 is 0 Å². The lowest BCUT2D eigenvalue weighted by atomic mass is 10.1. The first-order chi connectivity index (χ1) is 7.84. The minimum absolute atomic E-state index is 1.03. The number of rotatable bonds is 0. The molecule has 0 atom stereocenters. The van der Waals surface area contributed by atoms with Crippen LogP contribution in [0.5, 0.6) is 0 Å². The Bertz CT molecular complexity index is 811. The Kier molecular flexibility index (Phi) is 1.28. The lowest BCUT2D eigenvalue weighted by Gasteiger charge is -1.95. The Labute approximate surface area is 92.5 Å². The van der Waals surface area contributed by atoms with Crippen molar-refractivity contribution < 1.29 is 0 Å². The number of fused-ring (bicyclic) bond motifs is 3. The van der Waals surface area contributed by atoms with Crippen LogP contribution in [0.1, 0.15) is 5.56 Å². The Morgan fingerprint density at radius 2 is 1.94 bits per heavy atom. The van der Waals surface area contributed by atoms with Crippen molar-refractivity contribution in [2.45, 2.75) is 6.92 Å². The molecular formula is C14H10N2. The normalized spacial score (nSPS) is 12.1. The van der Waals surface area contributed by atoms with Crippen LogP contribution in [-0.2, 0) is 0 Å². The second-order valence-corrected chi connectivity index (χ2v) is 4.30. The van der Waals surface area contributed by atoms with Gasteiger partial charge in [0.25, 0.3) is 0 Å². The van der Waals surface area contributed by atoms with E-state index in [2.05, 4.69) is 46.6 Å². The fourth-order valence-electron chi connectivity index (χ4n) is 2.53. The summed E-state index contributed by atoms with van der Waals surface area (Å²) in [5.41, 5.74) is 4.79. The second-order valence-electron chi connectivity index (χ2n) is 4.30. The zero-order chi connectivity index (χ0) is 10.7. The van der Waals surface area contributed by atoms with Crippen molar-refractivity contribution in [3.8, 4) is 0 Å². The molecule has 0 spiro atoms. The van der Waals surface area contributed by atoms with Crippen molar-refractivity contribution in [1.82, 2.24) is 9.38 Å². The molecule has 0 aliphatic carbocycles. The van der Waals surface area contributed by atoms with Crippen LogP contribution < -0.4 is 0 Å². The van der Waals surface area contributed by atoms with Gasteiger partial charge in [-0.25, -0.2) is 4.98 Å². The van der Waals surface area contributed by atoms with E-state index in [0.29, 0.717) is 0 Å². The van der Waals surface area contributed by atoms with E-state index >= 15 is 0 Å². The molecule has 2 nitrogen and oxygen atoms in total. The van der Waals surface area contributed by atoms with Crippen molar-refractivity contribution in [2.24, 2.45) is 0 Å². The zero-order valence-corrected chi connectivity index (χ0v) is 8.94. The van der Waals surface area contributed by atoms with Crippen LogP contribution in [0.15, 0.2) is 42.6 Å². The third-order valence-corrected chi connectivity index (χ3v) is 3.26. The SMILES string of the molecule is Cc1ccc2c(c1)c1cccc3ncc2n31. The van der Waals surface area contributed by atoms with E-state index in [1.54, 1.807) is 0 Å². The maximum absolute atomic E-state index is 4.41. The molecule has 0 radical (unpaired) electrons. The summed E-state index contributed by atoms with van der Waals surface area (Å²) >= 11 is 0. The largest absolute Gasteiger partial charge is 0.292 e. The molecule has 0 N–H and O–H groups in total. The predicted octanol–water partition coefficient (Wildman–Crippen LogP) is 3.39. The van der Waals surface area contributed by atoms with Gasteiger partial charge in [-0.1, -0.05) is 23.8 Å². The average molecular weight is 206 g/mol. The molecule has 4 rings (SSSR count). The van der Waals surface area contributed by atoms with E-state index in [4.69, 9.17) is 0 Å². The molecule has 0 bridgehead atoms. The van der Waals surface area contributed by atoms with Crippen LogP contribution in [0.4, 0.5) is 0 Å². The molecule has 2 heteroatoms. The van der Waals surface area contributed by atoms with E-state index < -0.39 is 0 Å². The first-order valence-electron chi connectivity index (χ1n) is 5.42. The van der Waals surface area contributed by atoms with E-state index in [1.165, 1.54) is 27.4 Å². The number of hydrogen-bond acceptors (Lipinski definition) is 1. The average Bonchev–Trinajstić information content (AvgIpc) is 2.84. The van der Waals surface area contributed by atoms with Gasteiger partial charge in [0.15, 0.2) is 0 Å². The van der Waals surface area contributed by atoms with E-state index in [-0.39, 0.29) is 0 Å². The molecule has 3 heterocycles. The highest BCUT2D eigenvalue weighted by atomic mass is 15.0. The minimum atomic E-state index is 1.03. The first kappa shape index (κ1) is 8.11. The third kappa shape index (κ3) is 0.807. The van der Waals surface area contributed by atoms with Gasteiger partial charge in [0.2, 0.25) is 0 Å². The summed E-state index contributed by atoms with van der Waals surface area (Å²) < 4.78 is 2.23. The molecule has 0 aliphatic rings. The summed E-state index contributed by atoms with van der Waals surface area (Å²) in [6.45, 7) is 2.13. The molecule has 76 valence electrons. The number of nitrogens with zero attached hydrogens (tertiary/aromatic N) is 2. The van der Waals surface area contributed by atoms with Crippen molar-refractivity contribution in [3.05, 3.63) is 48.2 Å². The lowest BCUT2D eigenvalue weighted by molar-refractivity contribution is 1.31. The standard InChI is InChI=1S/C14H10N2/c1-9-5-6-10-11(7-9)12-3-2-4-14-15-8-13(10)16(12)14/h2-8H,1H3. The summed E-state index contributed by atoms with van der Waals surface area (Å²) in [7, 11) is 0. The summed E-state index contributed by atoms with van der Waals surface area (Å²) in [6.07, 6.45) is 1.96. The Morgan fingerprint density at radius 3 is 2.88 bits per heavy atom. The molecule has 4 aromatic rings. The van der Waals surface area contributed by atoms with Gasteiger partial charge in [0.1, 0.15) is 5.65 Å². The smallest absolute Gasteiger partial charge is 0.137 e. The maximum atomic E-state index is 4.41. The van der Waals surface area contributed by atoms with Crippen molar-refractivity contribution in [1.29, 1.82) is 0 Å². The van der Waals surface area contributed by atoms with Crippen LogP contribution in [-0.4, -0.2) is 9.38 Å². The van der Waals surface area contributed by atoms with Gasteiger partial charge in [-0.2, -0.15) is 0 Å². The fraction of sp³-hybridized carbons (Fsp3) is 0.0714. The Morgan fingerprint density at radius 1 is 1.00 bits per heavy atom. The summed E-state index contributed by atoms with van der Waals surface area (Å²) in [4.78, 5) is 4.41. The molecule has 16 heavy (non-hydrogen) atoms. The highest BCUT2D eigenvalue weighted by Gasteiger charge is 2.11. The third-order valence-electron chi connectivity index (χ3n) is 3.26. The van der Waals surface area contributed by atoms with Gasteiger partial charge in [0.05, 0.1) is 17.2 Å². The van der Waals surface area contributed by atoms with E-state index in [0.717, 1.165) is 5.65 Å². The van der Waals surface area contributed by atoms with Crippen LogP contribution >= 0.6 is 0 Å². The van der Waals surface area contributed by atoms with Crippen LogP contribution in [0.2, 0.25) is 0 Å². The molecule has 0 saturated heterocycles. The Hall–Kier alpha value is -2.09.